The number of carboxylic acid groups (broad SMARTS) is 1. The maximum Gasteiger partial charge on any atom is 0.311 e. The fourth-order valence-corrected chi connectivity index (χ4v) is 2.83. The second-order valence-electron chi connectivity index (χ2n) is 6.60. The van der Waals surface area contributed by atoms with Crippen LogP contribution in [0.15, 0.2) is 12.4 Å². The molecule has 1 saturated carbocycles. The van der Waals surface area contributed by atoms with Gasteiger partial charge in [0.25, 0.3) is 0 Å². The summed E-state index contributed by atoms with van der Waals surface area (Å²) in [5.74, 6) is 0.981. The van der Waals surface area contributed by atoms with Crippen molar-refractivity contribution in [1.82, 2.24) is 9.97 Å². The van der Waals surface area contributed by atoms with E-state index in [2.05, 4.69) is 36.1 Å². The number of hydrogen-bond donors (Lipinski definition) is 2. The molecule has 116 valence electrons. The summed E-state index contributed by atoms with van der Waals surface area (Å²) in [5.41, 5.74) is 0.310. The van der Waals surface area contributed by atoms with Crippen LogP contribution in [-0.2, 0) is 4.79 Å². The zero-order chi connectivity index (χ0) is 15.5. The van der Waals surface area contributed by atoms with Gasteiger partial charge in [0.05, 0.1) is 5.41 Å². The zero-order valence-electron chi connectivity index (χ0n) is 13.1. The highest BCUT2D eigenvalue weighted by Crippen LogP contribution is 2.39. The normalized spacial score (nSPS) is 25.8. The largest absolute Gasteiger partial charge is 0.481 e. The van der Waals surface area contributed by atoms with Gasteiger partial charge in [0.2, 0.25) is 0 Å². The van der Waals surface area contributed by atoms with Crippen LogP contribution in [0.3, 0.4) is 0 Å². The van der Waals surface area contributed by atoms with Crippen LogP contribution in [0.5, 0.6) is 0 Å². The van der Waals surface area contributed by atoms with Gasteiger partial charge >= 0.3 is 5.97 Å². The summed E-state index contributed by atoms with van der Waals surface area (Å²) in [6.07, 6.45) is 4.97. The van der Waals surface area contributed by atoms with Crippen molar-refractivity contribution >= 4 is 11.8 Å². The Morgan fingerprint density at radius 1 is 1.43 bits per heavy atom. The second kappa shape index (κ2) is 6.41. The molecule has 0 atom stereocenters. The molecule has 21 heavy (non-hydrogen) atoms. The summed E-state index contributed by atoms with van der Waals surface area (Å²) in [7, 11) is 0. The molecular formula is C16H25N3O2. The van der Waals surface area contributed by atoms with Crippen LogP contribution in [0.4, 0.5) is 5.82 Å². The lowest BCUT2D eigenvalue weighted by molar-refractivity contribution is -0.150. The molecule has 1 aromatic rings. The van der Waals surface area contributed by atoms with Gasteiger partial charge < -0.3 is 10.4 Å². The lowest BCUT2D eigenvalue weighted by Crippen LogP contribution is -2.41. The number of hydrogen-bond acceptors (Lipinski definition) is 4. The van der Waals surface area contributed by atoms with Gasteiger partial charge in [-0.25, -0.2) is 9.97 Å². The van der Waals surface area contributed by atoms with E-state index in [1.807, 2.05) is 6.07 Å². The Balaban J connectivity index is 2.06. The van der Waals surface area contributed by atoms with Crippen molar-refractivity contribution in [3.63, 3.8) is 0 Å². The third-order valence-corrected chi connectivity index (χ3v) is 4.57. The molecule has 1 aliphatic carbocycles. The lowest BCUT2D eigenvalue weighted by atomic mass is 9.71. The molecule has 0 amide bonds. The molecule has 0 bridgehead atoms. The molecule has 1 aliphatic rings. The van der Waals surface area contributed by atoms with Gasteiger partial charge in [0.15, 0.2) is 0 Å². The number of aromatic nitrogens is 2. The van der Waals surface area contributed by atoms with Gasteiger partial charge in [-0.2, -0.15) is 0 Å². The van der Waals surface area contributed by atoms with E-state index in [0.29, 0.717) is 24.2 Å². The number of carboxylic acids is 1. The first-order valence-corrected chi connectivity index (χ1v) is 7.72. The first-order valence-electron chi connectivity index (χ1n) is 7.72. The Hall–Kier alpha value is -1.65. The van der Waals surface area contributed by atoms with Crippen LogP contribution >= 0.6 is 0 Å². The van der Waals surface area contributed by atoms with E-state index >= 15 is 0 Å². The Morgan fingerprint density at radius 3 is 2.67 bits per heavy atom. The van der Waals surface area contributed by atoms with Crippen LogP contribution < -0.4 is 5.32 Å². The van der Waals surface area contributed by atoms with Gasteiger partial charge in [-0.3, -0.25) is 4.79 Å². The molecule has 1 heterocycles. The van der Waals surface area contributed by atoms with E-state index in [4.69, 9.17) is 0 Å². The number of aliphatic carboxylic acids is 1. The fraction of sp³-hybridized carbons (Fsp3) is 0.688. The van der Waals surface area contributed by atoms with Gasteiger partial charge in [-0.15, -0.1) is 0 Å². The number of anilines is 1. The molecule has 5 nitrogen and oxygen atoms in total. The topological polar surface area (TPSA) is 75.1 Å². The SMILES string of the molecule is CC1CCC(CNc2cc(C(C)C)ncn2)(C(=O)O)CC1. The highest BCUT2D eigenvalue weighted by molar-refractivity contribution is 5.75. The van der Waals surface area contributed by atoms with Crippen LogP contribution in [0.1, 0.15) is 58.1 Å². The summed E-state index contributed by atoms with van der Waals surface area (Å²) in [6, 6.07) is 1.91. The molecular weight excluding hydrogens is 266 g/mol. The summed E-state index contributed by atoms with van der Waals surface area (Å²) in [6.45, 7) is 6.78. The highest BCUT2D eigenvalue weighted by Gasteiger charge is 2.41. The van der Waals surface area contributed by atoms with E-state index in [-0.39, 0.29) is 0 Å². The average molecular weight is 291 g/mol. The van der Waals surface area contributed by atoms with Gasteiger partial charge in [-0.05, 0) is 37.5 Å². The monoisotopic (exact) mass is 291 g/mol. The maximum atomic E-state index is 11.7. The number of rotatable bonds is 5. The quantitative estimate of drug-likeness (QED) is 0.870. The highest BCUT2D eigenvalue weighted by atomic mass is 16.4. The summed E-state index contributed by atoms with van der Waals surface area (Å²) in [5, 5.41) is 12.8. The predicted molar refractivity (Wildman–Crippen MR) is 82.3 cm³/mol. The van der Waals surface area contributed by atoms with E-state index in [9.17, 15) is 9.90 Å². The molecule has 0 aliphatic heterocycles. The van der Waals surface area contributed by atoms with Crippen LogP contribution in [0.2, 0.25) is 0 Å². The number of nitrogens with zero attached hydrogens (tertiary/aromatic N) is 2. The molecule has 0 unspecified atom stereocenters. The zero-order valence-corrected chi connectivity index (χ0v) is 13.1. The Bertz CT molecular complexity index is 494. The van der Waals surface area contributed by atoms with E-state index < -0.39 is 11.4 Å². The van der Waals surface area contributed by atoms with E-state index in [0.717, 1.165) is 31.4 Å². The van der Waals surface area contributed by atoms with E-state index in [1.54, 1.807) is 0 Å². The molecule has 5 heteroatoms. The van der Waals surface area contributed by atoms with Gasteiger partial charge in [0.1, 0.15) is 12.1 Å². The summed E-state index contributed by atoms with van der Waals surface area (Å²) in [4.78, 5) is 20.1. The van der Waals surface area contributed by atoms with Crippen molar-refractivity contribution < 1.29 is 9.90 Å². The Kier molecular flexibility index (Phi) is 4.80. The van der Waals surface area contributed by atoms with Gasteiger partial charge in [0, 0.05) is 18.3 Å². The third kappa shape index (κ3) is 3.71. The molecule has 0 saturated heterocycles. The van der Waals surface area contributed by atoms with Crippen LogP contribution in [-0.4, -0.2) is 27.6 Å². The molecule has 0 aromatic carbocycles. The van der Waals surface area contributed by atoms with Crippen molar-refractivity contribution in [1.29, 1.82) is 0 Å². The first kappa shape index (κ1) is 15.7. The number of carbonyl (C=O) groups is 1. The standard InChI is InChI=1S/C16H25N3O2/c1-11(2)13-8-14(19-10-18-13)17-9-16(15(20)21)6-4-12(3)5-7-16/h8,10-12H,4-7,9H2,1-3H3,(H,20,21)(H,17,18,19). The third-order valence-electron chi connectivity index (χ3n) is 4.57. The van der Waals surface area contributed by atoms with Crippen LogP contribution in [0, 0.1) is 11.3 Å². The van der Waals surface area contributed by atoms with E-state index in [1.165, 1.54) is 6.33 Å². The van der Waals surface area contributed by atoms with Crippen molar-refractivity contribution in [3.8, 4) is 0 Å². The molecule has 0 radical (unpaired) electrons. The predicted octanol–water partition coefficient (Wildman–Crippen LogP) is 3.29. The average Bonchev–Trinajstić information content (AvgIpc) is 2.47. The Labute approximate surface area is 126 Å². The molecule has 0 spiro atoms. The second-order valence-corrected chi connectivity index (χ2v) is 6.60. The number of nitrogens with one attached hydrogen (secondary N) is 1. The molecule has 1 fully saturated rings. The first-order chi connectivity index (χ1) is 9.93. The van der Waals surface area contributed by atoms with Crippen molar-refractivity contribution in [2.45, 2.75) is 52.4 Å². The fourth-order valence-electron chi connectivity index (χ4n) is 2.83. The van der Waals surface area contributed by atoms with Crippen LogP contribution in [0.25, 0.3) is 0 Å². The minimum Gasteiger partial charge on any atom is -0.481 e. The molecule has 2 rings (SSSR count). The summed E-state index contributed by atoms with van der Waals surface area (Å²) < 4.78 is 0. The summed E-state index contributed by atoms with van der Waals surface area (Å²) >= 11 is 0. The smallest absolute Gasteiger partial charge is 0.311 e. The van der Waals surface area contributed by atoms with Crippen molar-refractivity contribution in [3.05, 3.63) is 18.1 Å². The minimum absolute atomic E-state index is 0.331. The van der Waals surface area contributed by atoms with Gasteiger partial charge in [-0.1, -0.05) is 20.8 Å². The molecule has 2 N–H and O–H groups in total. The maximum absolute atomic E-state index is 11.7. The lowest BCUT2D eigenvalue weighted by Gasteiger charge is -2.36. The van der Waals surface area contributed by atoms with Crippen molar-refractivity contribution in [2.24, 2.45) is 11.3 Å². The Morgan fingerprint density at radius 2 is 2.10 bits per heavy atom. The van der Waals surface area contributed by atoms with Crippen molar-refractivity contribution in [2.75, 3.05) is 11.9 Å². The molecule has 1 aromatic heterocycles. The minimum atomic E-state index is -0.694.